The van der Waals surface area contributed by atoms with Gasteiger partial charge in [-0.15, -0.1) is 0 Å². The van der Waals surface area contributed by atoms with E-state index < -0.39 is 18.4 Å². The Bertz CT molecular complexity index is 1100. The molecule has 8 nitrogen and oxygen atoms in total. The van der Waals surface area contributed by atoms with Gasteiger partial charge in [0.15, 0.2) is 24.7 Å². The number of hydrogen-bond donors (Lipinski definition) is 1. The third-order valence-electron chi connectivity index (χ3n) is 4.28. The molecule has 2 aromatic carbocycles. The molecular weight excluding hydrogens is 376 g/mol. The number of rotatable bonds is 5. The minimum atomic E-state index is -0.753. The number of carbonyl (C=O) groups is 3. The Morgan fingerprint density at radius 2 is 1.97 bits per heavy atom. The molecular formula is C21H16N2O6. The Labute approximate surface area is 165 Å². The van der Waals surface area contributed by atoms with Gasteiger partial charge < -0.3 is 19.2 Å². The zero-order valence-electron chi connectivity index (χ0n) is 15.4. The summed E-state index contributed by atoms with van der Waals surface area (Å²) in [4.78, 5) is 40.3. The van der Waals surface area contributed by atoms with Crippen molar-refractivity contribution in [2.24, 2.45) is 0 Å². The van der Waals surface area contributed by atoms with Crippen LogP contribution in [-0.4, -0.2) is 35.9 Å². The number of nitrogens with zero attached hydrogens (tertiary/aromatic N) is 1. The number of esters is 1. The molecule has 29 heavy (non-hydrogen) atoms. The van der Waals surface area contributed by atoms with Crippen LogP contribution >= 0.6 is 0 Å². The van der Waals surface area contributed by atoms with Gasteiger partial charge in [0.25, 0.3) is 5.91 Å². The predicted octanol–water partition coefficient (Wildman–Crippen LogP) is 3.02. The standard InChI is InChI=1S/C21H16N2O6/c1-12-19(23-20(29-12)13-5-3-2-4-6-13)21(26)28-10-16(24)14-7-8-17-15(9-14)22-18(25)11-27-17/h2-9H,10-11H2,1H3,(H,22,25). The number of amides is 1. The van der Waals surface area contributed by atoms with Crippen molar-refractivity contribution < 1.29 is 28.3 Å². The number of aromatic nitrogens is 1. The van der Waals surface area contributed by atoms with Crippen LogP contribution in [0.3, 0.4) is 0 Å². The first kappa shape index (κ1) is 18.4. The lowest BCUT2D eigenvalue weighted by Crippen LogP contribution is -2.25. The number of ether oxygens (including phenoxy) is 2. The Morgan fingerprint density at radius 1 is 1.17 bits per heavy atom. The van der Waals surface area contributed by atoms with Crippen molar-refractivity contribution in [3.63, 3.8) is 0 Å². The van der Waals surface area contributed by atoms with Crippen LogP contribution in [0, 0.1) is 6.92 Å². The van der Waals surface area contributed by atoms with E-state index in [0.717, 1.165) is 5.56 Å². The zero-order valence-corrected chi connectivity index (χ0v) is 15.4. The molecule has 146 valence electrons. The summed E-state index contributed by atoms with van der Waals surface area (Å²) in [7, 11) is 0. The molecule has 0 fully saturated rings. The number of aryl methyl sites for hydroxylation is 1. The number of nitrogens with one attached hydrogen (secondary N) is 1. The molecule has 1 amide bonds. The number of benzene rings is 2. The Kier molecular flexibility index (Phi) is 4.82. The van der Waals surface area contributed by atoms with Crippen LogP contribution in [0.25, 0.3) is 11.5 Å². The van der Waals surface area contributed by atoms with Crippen LogP contribution in [0.2, 0.25) is 0 Å². The van der Waals surface area contributed by atoms with Gasteiger partial charge >= 0.3 is 5.97 Å². The first-order valence-corrected chi connectivity index (χ1v) is 8.81. The number of hydrogen-bond acceptors (Lipinski definition) is 7. The highest BCUT2D eigenvalue weighted by atomic mass is 16.5. The smallest absolute Gasteiger partial charge is 0.361 e. The highest BCUT2D eigenvalue weighted by Crippen LogP contribution is 2.28. The zero-order chi connectivity index (χ0) is 20.4. The molecule has 1 N–H and O–H groups in total. The molecule has 0 radical (unpaired) electrons. The van der Waals surface area contributed by atoms with E-state index in [1.165, 1.54) is 6.07 Å². The summed E-state index contributed by atoms with van der Waals surface area (Å²) in [5.74, 6) is -0.405. The minimum absolute atomic E-state index is 0.0164. The molecule has 1 aliphatic heterocycles. The third kappa shape index (κ3) is 3.86. The van der Waals surface area contributed by atoms with E-state index in [9.17, 15) is 14.4 Å². The fourth-order valence-electron chi connectivity index (χ4n) is 2.83. The van der Waals surface area contributed by atoms with Gasteiger partial charge in [-0.2, -0.15) is 0 Å². The van der Waals surface area contributed by atoms with Crippen LogP contribution < -0.4 is 10.1 Å². The van der Waals surface area contributed by atoms with E-state index >= 15 is 0 Å². The minimum Gasteiger partial charge on any atom is -0.482 e. The molecule has 2 heterocycles. The SMILES string of the molecule is Cc1oc(-c2ccccc2)nc1C(=O)OCC(=O)c1ccc2c(c1)NC(=O)CO2. The number of anilines is 1. The number of ketones is 1. The van der Waals surface area contributed by atoms with Gasteiger partial charge in [0.05, 0.1) is 5.69 Å². The van der Waals surface area contributed by atoms with Crippen molar-refractivity contribution in [1.82, 2.24) is 4.98 Å². The Balaban J connectivity index is 1.44. The van der Waals surface area contributed by atoms with E-state index in [1.807, 2.05) is 30.3 Å². The van der Waals surface area contributed by atoms with Crippen LogP contribution in [-0.2, 0) is 9.53 Å². The van der Waals surface area contributed by atoms with Crippen LogP contribution in [0.5, 0.6) is 5.75 Å². The van der Waals surface area contributed by atoms with Gasteiger partial charge in [-0.05, 0) is 37.3 Å². The number of fused-ring (bicyclic) bond motifs is 1. The maximum Gasteiger partial charge on any atom is 0.361 e. The first-order valence-electron chi connectivity index (χ1n) is 8.81. The molecule has 0 bridgehead atoms. The Morgan fingerprint density at radius 3 is 2.76 bits per heavy atom. The number of oxazole rings is 1. The van der Waals surface area contributed by atoms with Gasteiger partial charge in [-0.3, -0.25) is 9.59 Å². The molecule has 4 rings (SSSR count). The summed E-state index contributed by atoms with van der Waals surface area (Å²) in [5, 5.41) is 2.63. The van der Waals surface area contributed by atoms with Crippen LogP contribution in [0.4, 0.5) is 5.69 Å². The van der Waals surface area contributed by atoms with Gasteiger partial charge in [0.2, 0.25) is 5.89 Å². The maximum absolute atomic E-state index is 12.4. The average molecular weight is 392 g/mol. The summed E-state index contributed by atoms with van der Waals surface area (Å²) in [6.07, 6.45) is 0. The average Bonchev–Trinajstić information content (AvgIpc) is 3.13. The lowest BCUT2D eigenvalue weighted by molar-refractivity contribution is -0.118. The van der Waals surface area contributed by atoms with Gasteiger partial charge in [0, 0.05) is 11.1 Å². The molecule has 0 atom stereocenters. The summed E-state index contributed by atoms with van der Waals surface area (Å²) in [6, 6.07) is 13.7. The lowest BCUT2D eigenvalue weighted by atomic mass is 10.1. The second-order valence-corrected chi connectivity index (χ2v) is 6.34. The second kappa shape index (κ2) is 7.59. The van der Waals surface area contributed by atoms with Crippen molar-refractivity contribution in [3.8, 4) is 17.2 Å². The Hall–Kier alpha value is -3.94. The molecule has 1 aliphatic rings. The summed E-state index contributed by atoms with van der Waals surface area (Å²) < 4.78 is 15.9. The summed E-state index contributed by atoms with van der Waals surface area (Å²) in [6.45, 7) is 1.06. The van der Waals surface area contributed by atoms with Crippen LogP contribution in [0.15, 0.2) is 52.9 Å². The summed E-state index contributed by atoms with van der Waals surface area (Å²) >= 11 is 0. The first-order chi connectivity index (χ1) is 14.0. The molecule has 0 aliphatic carbocycles. The molecule has 0 spiro atoms. The van der Waals surface area contributed by atoms with Gasteiger partial charge in [0.1, 0.15) is 11.5 Å². The third-order valence-corrected chi connectivity index (χ3v) is 4.28. The topological polar surface area (TPSA) is 108 Å². The van der Waals surface area contributed by atoms with Gasteiger partial charge in [-0.25, -0.2) is 9.78 Å². The molecule has 0 saturated heterocycles. The molecule has 0 saturated carbocycles. The molecule has 3 aromatic rings. The fraction of sp³-hybridized carbons (Fsp3) is 0.143. The van der Waals surface area contributed by atoms with Crippen molar-refractivity contribution in [1.29, 1.82) is 0 Å². The molecule has 1 aromatic heterocycles. The normalized spacial score (nSPS) is 12.5. The van der Waals surface area contributed by atoms with Crippen molar-refractivity contribution >= 4 is 23.3 Å². The largest absolute Gasteiger partial charge is 0.482 e. The molecule has 8 heteroatoms. The quantitative estimate of drug-likeness (QED) is 0.525. The van der Waals surface area contributed by atoms with E-state index in [1.54, 1.807) is 19.1 Å². The fourth-order valence-corrected chi connectivity index (χ4v) is 2.83. The second-order valence-electron chi connectivity index (χ2n) is 6.34. The predicted molar refractivity (Wildman–Crippen MR) is 102 cm³/mol. The number of Topliss-reactive ketones (excluding diaryl/α,β-unsaturated/α-hetero) is 1. The van der Waals surface area contributed by atoms with Crippen molar-refractivity contribution in [3.05, 3.63) is 65.5 Å². The van der Waals surface area contributed by atoms with E-state index in [0.29, 0.717) is 23.1 Å². The molecule has 0 unspecified atom stereocenters. The monoisotopic (exact) mass is 392 g/mol. The van der Waals surface area contributed by atoms with Crippen LogP contribution in [0.1, 0.15) is 26.6 Å². The van der Waals surface area contributed by atoms with E-state index in [-0.39, 0.29) is 23.8 Å². The highest BCUT2D eigenvalue weighted by molar-refractivity contribution is 6.02. The lowest BCUT2D eigenvalue weighted by Gasteiger charge is -2.18. The van der Waals surface area contributed by atoms with E-state index in [4.69, 9.17) is 13.9 Å². The van der Waals surface area contributed by atoms with E-state index in [2.05, 4.69) is 10.3 Å². The number of carbonyl (C=O) groups excluding carboxylic acids is 3. The highest BCUT2D eigenvalue weighted by Gasteiger charge is 2.22. The summed E-state index contributed by atoms with van der Waals surface area (Å²) in [5.41, 5.74) is 1.43. The van der Waals surface area contributed by atoms with Crippen molar-refractivity contribution in [2.45, 2.75) is 6.92 Å². The van der Waals surface area contributed by atoms with Gasteiger partial charge in [-0.1, -0.05) is 18.2 Å². The maximum atomic E-state index is 12.4. The van der Waals surface area contributed by atoms with Crippen molar-refractivity contribution in [2.75, 3.05) is 18.5 Å².